The van der Waals surface area contributed by atoms with Crippen molar-refractivity contribution in [2.45, 2.75) is 19.4 Å². The van der Waals surface area contributed by atoms with Gasteiger partial charge in [0.15, 0.2) is 11.4 Å². The number of H-pyrrole nitrogens is 1. The van der Waals surface area contributed by atoms with E-state index in [0.29, 0.717) is 41.7 Å². The number of aromatic amines is 1. The van der Waals surface area contributed by atoms with Crippen LogP contribution in [0.2, 0.25) is 10.0 Å². The zero-order valence-corrected chi connectivity index (χ0v) is 20.0. The fourth-order valence-electron chi connectivity index (χ4n) is 4.14. The van der Waals surface area contributed by atoms with Crippen molar-refractivity contribution in [1.82, 2.24) is 19.9 Å². The molecule has 8 nitrogen and oxygen atoms in total. The molecule has 180 valence electrons. The molecule has 1 amide bonds. The van der Waals surface area contributed by atoms with E-state index in [9.17, 15) is 9.18 Å². The highest BCUT2D eigenvalue weighted by Gasteiger charge is 2.25. The van der Waals surface area contributed by atoms with Gasteiger partial charge in [0.2, 0.25) is 5.75 Å². The molecular formula is C24H20Cl2FN5O3. The van der Waals surface area contributed by atoms with Crippen molar-refractivity contribution in [3.05, 3.63) is 75.9 Å². The van der Waals surface area contributed by atoms with Crippen molar-refractivity contribution in [1.29, 1.82) is 0 Å². The quantitative estimate of drug-likeness (QED) is 0.332. The molecule has 35 heavy (non-hydrogen) atoms. The number of pyridine rings is 1. The van der Waals surface area contributed by atoms with Gasteiger partial charge in [0, 0.05) is 35.4 Å². The third kappa shape index (κ3) is 4.21. The molecule has 0 saturated carbocycles. The smallest absolute Gasteiger partial charge is 0.272 e. The third-order valence-electron chi connectivity index (χ3n) is 5.95. The molecule has 11 heteroatoms. The summed E-state index contributed by atoms with van der Waals surface area (Å²) < 4.78 is 25.9. The third-order valence-corrected chi connectivity index (χ3v) is 6.67. The molecule has 0 spiro atoms. The van der Waals surface area contributed by atoms with Crippen LogP contribution in [-0.2, 0) is 0 Å². The molecule has 3 aromatic heterocycles. The molecule has 0 saturated heterocycles. The summed E-state index contributed by atoms with van der Waals surface area (Å²) in [6, 6.07) is 2.61. The molecule has 0 radical (unpaired) electrons. The Labute approximate surface area is 209 Å². The predicted molar refractivity (Wildman–Crippen MR) is 131 cm³/mol. The number of carbonyl (C=O) groups excluding carboxylic acids is 1. The number of nitrogens with zero attached hydrogens (tertiary/aromatic N) is 3. The van der Waals surface area contributed by atoms with Crippen molar-refractivity contribution < 1.29 is 18.3 Å². The second-order valence-electron chi connectivity index (χ2n) is 8.08. The molecule has 5 rings (SSSR count). The highest BCUT2D eigenvalue weighted by Crippen LogP contribution is 2.41. The van der Waals surface area contributed by atoms with Gasteiger partial charge in [-0.3, -0.25) is 4.79 Å². The van der Waals surface area contributed by atoms with Gasteiger partial charge in [-0.25, -0.2) is 14.4 Å². The molecule has 1 aliphatic heterocycles. The first kappa shape index (κ1) is 23.2. The van der Waals surface area contributed by atoms with Crippen molar-refractivity contribution >= 4 is 51.5 Å². The van der Waals surface area contributed by atoms with Crippen molar-refractivity contribution in [3.63, 3.8) is 0 Å². The number of benzene rings is 1. The highest BCUT2D eigenvalue weighted by molar-refractivity contribution is 6.36. The molecular weight excluding hydrogens is 496 g/mol. The molecule has 1 aliphatic rings. The summed E-state index contributed by atoms with van der Waals surface area (Å²) in [5.74, 6) is -0.382. The van der Waals surface area contributed by atoms with E-state index in [2.05, 4.69) is 15.0 Å². The number of aromatic nitrogens is 3. The average Bonchev–Trinajstić information content (AvgIpc) is 3.54. The van der Waals surface area contributed by atoms with Gasteiger partial charge in [-0.1, -0.05) is 29.3 Å². The van der Waals surface area contributed by atoms with E-state index >= 15 is 0 Å². The van der Waals surface area contributed by atoms with E-state index in [0.717, 1.165) is 11.1 Å². The monoisotopic (exact) mass is 515 g/mol. The van der Waals surface area contributed by atoms with Crippen LogP contribution in [0.15, 0.2) is 47.6 Å². The van der Waals surface area contributed by atoms with Crippen molar-refractivity contribution in [2.24, 2.45) is 0 Å². The molecule has 0 fully saturated rings. The topological polar surface area (TPSA) is 110 Å². The number of rotatable bonds is 5. The SMILES string of the molecule is CC(Oc1c(N)ncc2c(C3=CCN(C(=O)c4cnc[nH]4)CC3)coc12)c1c(Cl)ccc(F)c1Cl. The number of carbonyl (C=O) groups is 1. The van der Waals surface area contributed by atoms with Crippen LogP contribution in [0.3, 0.4) is 0 Å². The van der Waals surface area contributed by atoms with E-state index in [1.165, 1.54) is 24.7 Å². The molecule has 1 aromatic carbocycles. The van der Waals surface area contributed by atoms with E-state index in [1.807, 2.05) is 6.08 Å². The lowest BCUT2D eigenvalue weighted by atomic mass is 9.99. The Balaban J connectivity index is 1.43. The van der Waals surface area contributed by atoms with Gasteiger partial charge in [-0.05, 0) is 31.1 Å². The van der Waals surface area contributed by atoms with E-state index in [1.54, 1.807) is 24.3 Å². The van der Waals surface area contributed by atoms with Crippen LogP contribution in [0.25, 0.3) is 16.5 Å². The molecule has 1 unspecified atom stereocenters. The van der Waals surface area contributed by atoms with Crippen LogP contribution in [0, 0.1) is 5.82 Å². The lowest BCUT2D eigenvalue weighted by Gasteiger charge is -2.25. The minimum Gasteiger partial charge on any atom is -0.478 e. The zero-order valence-electron chi connectivity index (χ0n) is 18.5. The minimum absolute atomic E-state index is 0.108. The maximum absolute atomic E-state index is 14.0. The summed E-state index contributed by atoms with van der Waals surface area (Å²) in [5.41, 5.74) is 9.10. The largest absolute Gasteiger partial charge is 0.478 e. The number of fused-ring (bicyclic) bond motifs is 1. The van der Waals surface area contributed by atoms with Crippen molar-refractivity contribution in [2.75, 3.05) is 18.8 Å². The van der Waals surface area contributed by atoms with E-state index in [-0.39, 0.29) is 27.5 Å². The maximum atomic E-state index is 14.0. The number of nitrogens with two attached hydrogens (primary N) is 1. The van der Waals surface area contributed by atoms with Crippen LogP contribution in [0.1, 0.15) is 41.1 Å². The lowest BCUT2D eigenvalue weighted by molar-refractivity contribution is 0.0767. The Bertz CT molecular complexity index is 1450. The van der Waals surface area contributed by atoms with Crippen LogP contribution < -0.4 is 10.5 Å². The molecule has 0 bridgehead atoms. The summed E-state index contributed by atoms with van der Waals surface area (Å²) in [4.78, 5) is 25.3. The Hall–Kier alpha value is -3.56. The summed E-state index contributed by atoms with van der Waals surface area (Å²) >= 11 is 12.4. The van der Waals surface area contributed by atoms with Crippen molar-refractivity contribution in [3.8, 4) is 5.75 Å². The van der Waals surface area contributed by atoms with Gasteiger partial charge in [0.1, 0.15) is 17.6 Å². The number of ether oxygens (including phenoxy) is 1. The normalized spacial score (nSPS) is 14.7. The van der Waals surface area contributed by atoms with Gasteiger partial charge in [0.25, 0.3) is 5.91 Å². The summed E-state index contributed by atoms with van der Waals surface area (Å²) in [7, 11) is 0. The van der Waals surface area contributed by atoms with Gasteiger partial charge in [0.05, 0.1) is 29.2 Å². The molecule has 1 atom stereocenters. The maximum Gasteiger partial charge on any atom is 0.272 e. The van der Waals surface area contributed by atoms with E-state index in [4.69, 9.17) is 38.1 Å². The van der Waals surface area contributed by atoms with Crippen LogP contribution in [-0.4, -0.2) is 38.8 Å². The molecule has 3 N–H and O–H groups in total. The highest BCUT2D eigenvalue weighted by atomic mass is 35.5. The number of hydrogen-bond acceptors (Lipinski definition) is 6. The Morgan fingerprint density at radius 3 is 2.89 bits per heavy atom. The van der Waals surface area contributed by atoms with Crippen LogP contribution >= 0.6 is 23.2 Å². The summed E-state index contributed by atoms with van der Waals surface area (Å²) in [5, 5.41) is 0.854. The minimum atomic E-state index is -0.732. The standard InChI is InChI=1S/C24H20Cl2FN5O3/c1-12(19-16(25)2-3-17(27)20(19)26)35-22-21-14(8-30-23(22)28)15(10-34-21)13-4-6-32(7-5-13)24(33)18-9-29-11-31-18/h2-4,8-12H,5-7H2,1H3,(H2,28,30)(H,29,31). The lowest BCUT2D eigenvalue weighted by Crippen LogP contribution is -2.34. The number of hydrogen-bond donors (Lipinski definition) is 2. The number of nitrogen functional groups attached to an aromatic ring is 1. The fraction of sp³-hybridized carbons (Fsp3) is 0.208. The van der Waals surface area contributed by atoms with Gasteiger partial charge in [-0.2, -0.15) is 0 Å². The fourth-order valence-corrected chi connectivity index (χ4v) is 4.81. The molecule has 0 aliphatic carbocycles. The number of furan rings is 1. The summed E-state index contributed by atoms with van der Waals surface area (Å²) in [6.07, 6.45) is 8.09. The first-order valence-electron chi connectivity index (χ1n) is 10.8. The van der Waals surface area contributed by atoms with Crippen LogP contribution in [0.5, 0.6) is 5.75 Å². The molecule has 4 heterocycles. The Morgan fingerprint density at radius 2 is 2.17 bits per heavy atom. The first-order valence-corrected chi connectivity index (χ1v) is 11.5. The number of amides is 1. The average molecular weight is 516 g/mol. The summed E-state index contributed by atoms with van der Waals surface area (Å²) in [6.45, 7) is 2.67. The number of imidazole rings is 1. The Kier molecular flexibility index (Phi) is 6.12. The second kappa shape index (κ2) is 9.24. The number of anilines is 1. The first-order chi connectivity index (χ1) is 16.8. The molecule has 4 aromatic rings. The Morgan fingerprint density at radius 1 is 1.34 bits per heavy atom. The zero-order chi connectivity index (χ0) is 24.7. The van der Waals surface area contributed by atoms with Crippen LogP contribution in [0.4, 0.5) is 10.2 Å². The van der Waals surface area contributed by atoms with Gasteiger partial charge in [-0.15, -0.1) is 0 Å². The van der Waals surface area contributed by atoms with E-state index < -0.39 is 11.9 Å². The van der Waals surface area contributed by atoms with Gasteiger partial charge >= 0.3 is 0 Å². The predicted octanol–water partition coefficient (Wildman–Crippen LogP) is 5.65. The number of nitrogens with one attached hydrogen (secondary N) is 1. The van der Waals surface area contributed by atoms with Gasteiger partial charge < -0.3 is 24.8 Å². The number of halogens is 3. The second-order valence-corrected chi connectivity index (χ2v) is 8.86.